The second-order valence-electron chi connectivity index (χ2n) is 6.42. The van der Waals surface area contributed by atoms with Crippen LogP contribution in [0.2, 0.25) is 0 Å². The maximum Gasteiger partial charge on any atom is 0.257 e. The van der Waals surface area contributed by atoms with E-state index in [0.29, 0.717) is 49.8 Å². The van der Waals surface area contributed by atoms with Crippen LogP contribution >= 0.6 is 0 Å². The Kier molecular flexibility index (Phi) is 5.87. The molecule has 1 saturated heterocycles. The van der Waals surface area contributed by atoms with Gasteiger partial charge in [0, 0.05) is 26.2 Å². The van der Waals surface area contributed by atoms with Crippen molar-refractivity contribution in [1.29, 1.82) is 0 Å². The zero-order valence-electron chi connectivity index (χ0n) is 14.8. The van der Waals surface area contributed by atoms with Crippen molar-refractivity contribution in [1.82, 2.24) is 9.21 Å². The molecule has 7 heteroatoms. The van der Waals surface area contributed by atoms with E-state index in [0.717, 1.165) is 5.56 Å². The molecule has 0 saturated carbocycles. The highest BCUT2D eigenvalue weighted by molar-refractivity contribution is 7.88. The van der Waals surface area contributed by atoms with E-state index >= 15 is 0 Å². The van der Waals surface area contributed by atoms with E-state index in [1.54, 1.807) is 12.0 Å². The lowest BCUT2D eigenvalue weighted by Gasteiger charge is -2.22. The molecule has 1 amide bonds. The van der Waals surface area contributed by atoms with Gasteiger partial charge in [0.1, 0.15) is 5.75 Å². The minimum absolute atomic E-state index is 0.107. The standard InChI is InChI=1S/C17H26N2O4S/c1-13(2)14-6-7-16(23-3)15(12-14)17(20)18-8-5-9-19(11-10-18)24(4,21)22/h6-7,12-13H,5,8-11H2,1-4H3. The summed E-state index contributed by atoms with van der Waals surface area (Å²) in [6.07, 6.45) is 1.84. The summed E-state index contributed by atoms with van der Waals surface area (Å²) < 4.78 is 30.2. The lowest BCUT2D eigenvalue weighted by Crippen LogP contribution is -2.37. The van der Waals surface area contributed by atoms with Crippen molar-refractivity contribution < 1.29 is 17.9 Å². The lowest BCUT2D eigenvalue weighted by molar-refractivity contribution is 0.0760. The third-order valence-corrected chi connectivity index (χ3v) is 5.63. The van der Waals surface area contributed by atoms with Crippen LogP contribution in [0.5, 0.6) is 5.75 Å². The topological polar surface area (TPSA) is 66.9 Å². The van der Waals surface area contributed by atoms with E-state index in [1.807, 2.05) is 18.2 Å². The Morgan fingerprint density at radius 1 is 1.17 bits per heavy atom. The summed E-state index contributed by atoms with van der Waals surface area (Å²) >= 11 is 0. The third-order valence-electron chi connectivity index (χ3n) is 4.33. The molecule has 1 aliphatic rings. The van der Waals surface area contributed by atoms with E-state index in [2.05, 4.69) is 13.8 Å². The van der Waals surface area contributed by atoms with Crippen molar-refractivity contribution in [2.45, 2.75) is 26.2 Å². The van der Waals surface area contributed by atoms with Gasteiger partial charge in [-0.3, -0.25) is 4.79 Å². The maximum absolute atomic E-state index is 12.9. The van der Waals surface area contributed by atoms with Crippen molar-refractivity contribution in [2.75, 3.05) is 39.5 Å². The van der Waals surface area contributed by atoms with Crippen LogP contribution in [0.1, 0.15) is 42.1 Å². The predicted molar refractivity (Wildman–Crippen MR) is 94.0 cm³/mol. The highest BCUT2D eigenvalue weighted by Crippen LogP contribution is 2.26. The van der Waals surface area contributed by atoms with E-state index < -0.39 is 10.0 Å². The van der Waals surface area contributed by atoms with Gasteiger partial charge in [0.25, 0.3) is 5.91 Å². The molecule has 0 N–H and O–H groups in total. The zero-order valence-corrected chi connectivity index (χ0v) is 15.6. The number of nitrogens with zero attached hydrogens (tertiary/aromatic N) is 2. The van der Waals surface area contributed by atoms with Gasteiger partial charge in [-0.2, -0.15) is 0 Å². The van der Waals surface area contributed by atoms with Gasteiger partial charge in [-0.1, -0.05) is 19.9 Å². The summed E-state index contributed by atoms with van der Waals surface area (Å²) in [7, 11) is -1.67. The fourth-order valence-corrected chi connectivity index (χ4v) is 3.72. The molecule has 134 valence electrons. The molecule has 0 aliphatic carbocycles. The summed E-state index contributed by atoms with van der Waals surface area (Å²) in [5, 5.41) is 0. The Labute approximate surface area is 144 Å². The van der Waals surface area contributed by atoms with Gasteiger partial charge in [0.15, 0.2) is 0 Å². The summed E-state index contributed by atoms with van der Waals surface area (Å²) in [5.74, 6) is 0.755. The second-order valence-corrected chi connectivity index (χ2v) is 8.40. The molecule has 1 heterocycles. The quantitative estimate of drug-likeness (QED) is 0.829. The van der Waals surface area contributed by atoms with Crippen LogP contribution < -0.4 is 4.74 Å². The van der Waals surface area contributed by atoms with E-state index in [9.17, 15) is 13.2 Å². The number of hydrogen-bond acceptors (Lipinski definition) is 4. The smallest absolute Gasteiger partial charge is 0.257 e. The Morgan fingerprint density at radius 2 is 1.88 bits per heavy atom. The molecule has 0 radical (unpaired) electrons. The largest absolute Gasteiger partial charge is 0.496 e. The first-order valence-electron chi connectivity index (χ1n) is 8.16. The number of amides is 1. The van der Waals surface area contributed by atoms with Gasteiger partial charge in [-0.15, -0.1) is 0 Å². The average Bonchev–Trinajstić information content (AvgIpc) is 2.79. The number of rotatable bonds is 4. The third kappa shape index (κ3) is 4.27. The van der Waals surface area contributed by atoms with Crippen LogP contribution in [0.4, 0.5) is 0 Å². The molecule has 0 aromatic heterocycles. The van der Waals surface area contributed by atoms with E-state index in [-0.39, 0.29) is 5.91 Å². The molecule has 0 bridgehead atoms. The first kappa shape index (κ1) is 18.7. The molecule has 6 nitrogen and oxygen atoms in total. The van der Waals surface area contributed by atoms with Crippen LogP contribution in [0.3, 0.4) is 0 Å². The Morgan fingerprint density at radius 3 is 2.46 bits per heavy atom. The molecule has 2 rings (SSSR count). The lowest BCUT2D eigenvalue weighted by atomic mass is 9.99. The molecular weight excluding hydrogens is 328 g/mol. The van der Waals surface area contributed by atoms with Crippen molar-refractivity contribution in [2.24, 2.45) is 0 Å². The minimum Gasteiger partial charge on any atom is -0.496 e. The highest BCUT2D eigenvalue weighted by atomic mass is 32.2. The second kappa shape index (κ2) is 7.53. The number of hydrogen-bond donors (Lipinski definition) is 0. The normalized spacial score (nSPS) is 17.0. The number of sulfonamides is 1. The highest BCUT2D eigenvalue weighted by Gasteiger charge is 2.26. The summed E-state index contributed by atoms with van der Waals surface area (Å²) in [4.78, 5) is 14.7. The summed E-state index contributed by atoms with van der Waals surface area (Å²) in [6.45, 7) is 5.86. The SMILES string of the molecule is COc1ccc(C(C)C)cc1C(=O)N1CCCN(S(C)(=O)=O)CC1. The zero-order chi connectivity index (χ0) is 17.9. The van der Waals surface area contributed by atoms with E-state index in [1.165, 1.54) is 10.6 Å². The maximum atomic E-state index is 12.9. The van der Waals surface area contributed by atoms with Gasteiger partial charge >= 0.3 is 0 Å². The molecular formula is C17H26N2O4S. The average molecular weight is 354 g/mol. The number of carbonyl (C=O) groups is 1. The molecule has 1 fully saturated rings. The van der Waals surface area contributed by atoms with Crippen molar-refractivity contribution in [3.63, 3.8) is 0 Å². The van der Waals surface area contributed by atoms with E-state index in [4.69, 9.17) is 4.74 Å². The number of benzene rings is 1. The van der Waals surface area contributed by atoms with Crippen LogP contribution in [0.25, 0.3) is 0 Å². The van der Waals surface area contributed by atoms with Crippen LogP contribution in [0, 0.1) is 0 Å². The predicted octanol–water partition coefficient (Wildman–Crippen LogP) is 1.93. The minimum atomic E-state index is -3.22. The summed E-state index contributed by atoms with van der Waals surface area (Å²) in [6, 6.07) is 5.67. The number of methoxy groups -OCH3 is 1. The van der Waals surface area contributed by atoms with Gasteiger partial charge in [0.2, 0.25) is 10.0 Å². The molecule has 1 aromatic rings. The Bertz CT molecular complexity index is 701. The van der Waals surface area contributed by atoms with Crippen LogP contribution in [-0.4, -0.2) is 63.1 Å². The van der Waals surface area contributed by atoms with Crippen molar-refractivity contribution in [3.8, 4) is 5.75 Å². The fourth-order valence-electron chi connectivity index (χ4n) is 2.85. The molecule has 1 aromatic carbocycles. The number of ether oxygens (including phenoxy) is 1. The van der Waals surface area contributed by atoms with Crippen LogP contribution in [0.15, 0.2) is 18.2 Å². The Balaban J connectivity index is 2.24. The Hall–Kier alpha value is -1.60. The van der Waals surface area contributed by atoms with Gasteiger partial charge < -0.3 is 9.64 Å². The van der Waals surface area contributed by atoms with Gasteiger partial charge in [-0.05, 0) is 30.0 Å². The monoisotopic (exact) mass is 354 g/mol. The first-order valence-corrected chi connectivity index (χ1v) is 10.0. The molecule has 0 unspecified atom stereocenters. The first-order chi connectivity index (χ1) is 11.2. The van der Waals surface area contributed by atoms with Gasteiger partial charge in [-0.25, -0.2) is 12.7 Å². The molecule has 24 heavy (non-hydrogen) atoms. The number of carbonyl (C=O) groups excluding carboxylic acids is 1. The van der Waals surface area contributed by atoms with Gasteiger partial charge in [0.05, 0.1) is 18.9 Å². The summed E-state index contributed by atoms with van der Waals surface area (Å²) in [5.41, 5.74) is 1.61. The molecule has 0 atom stereocenters. The van der Waals surface area contributed by atoms with Crippen LogP contribution in [-0.2, 0) is 10.0 Å². The molecule has 1 aliphatic heterocycles. The van der Waals surface area contributed by atoms with Crippen molar-refractivity contribution >= 4 is 15.9 Å². The fraction of sp³-hybridized carbons (Fsp3) is 0.588. The molecule has 0 spiro atoms. The van der Waals surface area contributed by atoms with Crippen molar-refractivity contribution in [3.05, 3.63) is 29.3 Å².